The Hall–Kier alpha value is -3.88. The van der Waals surface area contributed by atoms with Gasteiger partial charge in [-0.3, -0.25) is 9.78 Å². The maximum atomic E-state index is 11.4. The van der Waals surface area contributed by atoms with Crippen molar-refractivity contribution in [1.82, 2.24) is 24.5 Å². The van der Waals surface area contributed by atoms with E-state index in [4.69, 9.17) is 15.8 Å². The molecule has 9 nitrogen and oxygen atoms in total. The van der Waals surface area contributed by atoms with Crippen molar-refractivity contribution in [1.29, 1.82) is 0 Å². The monoisotopic (exact) mass is 428 g/mol. The molecule has 0 amide bonds. The number of carbonyl (C=O) groups is 1. The number of fused-ring (bicyclic) bond motifs is 1. The number of carbonyl (C=O) groups excluding carboxylic acids is 1. The van der Waals surface area contributed by atoms with Crippen molar-refractivity contribution in [3.8, 4) is 11.3 Å². The molecule has 1 aliphatic heterocycles. The number of amidine groups is 1. The van der Waals surface area contributed by atoms with Gasteiger partial charge in [0.1, 0.15) is 5.84 Å². The van der Waals surface area contributed by atoms with Crippen LogP contribution in [0.5, 0.6) is 0 Å². The summed E-state index contributed by atoms with van der Waals surface area (Å²) < 4.78 is 3.60. The predicted octanol–water partition coefficient (Wildman–Crippen LogP) is 3.10. The Morgan fingerprint density at radius 3 is 2.66 bits per heavy atom. The van der Waals surface area contributed by atoms with E-state index in [0.717, 1.165) is 35.5 Å². The zero-order chi connectivity index (χ0) is 22.2. The molecule has 5 rings (SSSR count). The van der Waals surface area contributed by atoms with E-state index in [-0.39, 0.29) is 0 Å². The zero-order valence-electron chi connectivity index (χ0n) is 18.1. The molecule has 9 heteroatoms. The summed E-state index contributed by atoms with van der Waals surface area (Å²) in [4.78, 5) is 24.9. The van der Waals surface area contributed by atoms with Crippen LogP contribution in [0.3, 0.4) is 0 Å². The summed E-state index contributed by atoms with van der Waals surface area (Å²) in [7, 11) is 0. The van der Waals surface area contributed by atoms with Gasteiger partial charge in [-0.1, -0.05) is 0 Å². The Balaban J connectivity index is 1.62. The molecule has 1 saturated carbocycles. The number of hydrogen-bond acceptors (Lipinski definition) is 7. The molecule has 3 aromatic rings. The Bertz CT molecular complexity index is 1280. The average molecular weight is 429 g/mol. The van der Waals surface area contributed by atoms with Crippen LogP contribution in [0, 0.1) is 19.8 Å². The summed E-state index contributed by atoms with van der Waals surface area (Å²) in [5.41, 5.74) is 11.1. The SMILES string of the molecule is Cc1nn(C2=CC(N)=Nc3c(c(-c4ccncc4)nn3CC3CC3)CC=N2)c(C)c1C=O. The van der Waals surface area contributed by atoms with E-state index in [1.54, 1.807) is 30.1 Å². The first-order valence-electron chi connectivity index (χ1n) is 10.7. The second kappa shape index (κ2) is 7.99. The molecule has 162 valence electrons. The molecule has 0 atom stereocenters. The fourth-order valence-electron chi connectivity index (χ4n) is 3.94. The highest BCUT2D eigenvalue weighted by Crippen LogP contribution is 2.36. The topological polar surface area (TPSA) is 116 Å². The Labute approximate surface area is 185 Å². The molecule has 0 saturated heterocycles. The molecule has 2 aliphatic rings. The highest BCUT2D eigenvalue weighted by molar-refractivity contribution is 5.99. The van der Waals surface area contributed by atoms with Crippen molar-refractivity contribution in [2.24, 2.45) is 21.6 Å². The van der Waals surface area contributed by atoms with Crippen LogP contribution in [0.1, 0.15) is 40.2 Å². The van der Waals surface area contributed by atoms with Crippen LogP contribution in [-0.4, -0.2) is 42.9 Å². The number of aryl methyl sites for hydroxylation is 1. The molecule has 0 spiro atoms. The number of pyridine rings is 1. The third-order valence-corrected chi connectivity index (χ3v) is 5.82. The average Bonchev–Trinajstić information content (AvgIpc) is 3.46. The summed E-state index contributed by atoms with van der Waals surface area (Å²) in [5.74, 6) is 2.20. The number of aromatic nitrogens is 5. The number of nitrogens with two attached hydrogens (primary N) is 1. The molecule has 4 heterocycles. The van der Waals surface area contributed by atoms with Gasteiger partial charge in [0.05, 0.1) is 22.6 Å². The van der Waals surface area contributed by atoms with E-state index in [9.17, 15) is 4.79 Å². The number of rotatable bonds is 5. The standard InChI is InChI=1S/C23H24N8O/c1-14-19(13-32)15(2)31(28-14)21-11-20(24)27-23-18(7-10-26-21)22(17-5-8-25-9-6-17)29-30(23)12-16-3-4-16/h5-6,8-11,13,16H,3-4,7,12H2,1-2H3,(H2,24,27). The van der Waals surface area contributed by atoms with E-state index >= 15 is 0 Å². The number of aliphatic imine (C=N–C) groups is 2. The molecule has 3 aromatic heterocycles. The first kappa shape index (κ1) is 20.0. The summed E-state index contributed by atoms with van der Waals surface area (Å²) in [6, 6.07) is 3.89. The zero-order valence-corrected chi connectivity index (χ0v) is 18.1. The molecule has 0 unspecified atom stereocenters. The number of aldehydes is 1. The molecule has 0 bridgehead atoms. The van der Waals surface area contributed by atoms with Crippen molar-refractivity contribution in [2.45, 2.75) is 39.7 Å². The van der Waals surface area contributed by atoms with Crippen molar-refractivity contribution >= 4 is 30.0 Å². The summed E-state index contributed by atoms with van der Waals surface area (Å²) >= 11 is 0. The maximum absolute atomic E-state index is 11.4. The minimum Gasteiger partial charge on any atom is -0.384 e. The van der Waals surface area contributed by atoms with Gasteiger partial charge in [0, 0.05) is 48.8 Å². The highest BCUT2D eigenvalue weighted by Gasteiger charge is 2.26. The Morgan fingerprint density at radius 2 is 1.97 bits per heavy atom. The summed E-state index contributed by atoms with van der Waals surface area (Å²) in [6.45, 7) is 4.45. The van der Waals surface area contributed by atoms with Crippen molar-refractivity contribution in [3.63, 3.8) is 0 Å². The van der Waals surface area contributed by atoms with Crippen LogP contribution in [0.25, 0.3) is 17.1 Å². The fraction of sp³-hybridized carbons (Fsp3) is 0.304. The van der Waals surface area contributed by atoms with Crippen LogP contribution >= 0.6 is 0 Å². The highest BCUT2D eigenvalue weighted by atomic mass is 16.1. The first-order chi connectivity index (χ1) is 15.5. The van der Waals surface area contributed by atoms with Crippen LogP contribution in [0.2, 0.25) is 0 Å². The lowest BCUT2D eigenvalue weighted by molar-refractivity contribution is 0.112. The molecule has 2 N–H and O–H groups in total. The van der Waals surface area contributed by atoms with Crippen LogP contribution in [0.4, 0.5) is 5.82 Å². The van der Waals surface area contributed by atoms with Crippen LogP contribution < -0.4 is 5.73 Å². The minimum atomic E-state index is 0.304. The van der Waals surface area contributed by atoms with Crippen molar-refractivity contribution < 1.29 is 4.79 Å². The number of nitrogens with zero attached hydrogens (tertiary/aromatic N) is 7. The van der Waals surface area contributed by atoms with Gasteiger partial charge in [0.15, 0.2) is 17.9 Å². The lowest BCUT2D eigenvalue weighted by atomic mass is 10.1. The van der Waals surface area contributed by atoms with E-state index in [1.165, 1.54) is 12.8 Å². The predicted molar refractivity (Wildman–Crippen MR) is 123 cm³/mol. The molecular weight excluding hydrogens is 404 g/mol. The minimum absolute atomic E-state index is 0.304. The Kier molecular flexibility index (Phi) is 5.01. The van der Waals surface area contributed by atoms with E-state index in [1.807, 2.05) is 30.0 Å². The van der Waals surface area contributed by atoms with Crippen molar-refractivity contribution in [3.05, 3.63) is 53.1 Å². The number of hydrogen-bond donors (Lipinski definition) is 1. The fourth-order valence-corrected chi connectivity index (χ4v) is 3.94. The normalized spacial score (nSPS) is 15.9. The van der Waals surface area contributed by atoms with Gasteiger partial charge in [0.25, 0.3) is 0 Å². The first-order valence-corrected chi connectivity index (χ1v) is 10.7. The van der Waals surface area contributed by atoms with Gasteiger partial charge in [-0.2, -0.15) is 10.2 Å². The lowest BCUT2D eigenvalue weighted by Crippen LogP contribution is -2.12. The van der Waals surface area contributed by atoms with E-state index in [0.29, 0.717) is 40.9 Å². The Morgan fingerprint density at radius 1 is 1.19 bits per heavy atom. The molecule has 0 radical (unpaired) electrons. The molecular formula is C23H24N8O. The largest absolute Gasteiger partial charge is 0.384 e. The van der Waals surface area contributed by atoms with Gasteiger partial charge >= 0.3 is 0 Å². The van der Waals surface area contributed by atoms with Gasteiger partial charge in [-0.25, -0.2) is 19.3 Å². The summed E-state index contributed by atoms with van der Waals surface area (Å²) in [5, 5.41) is 9.37. The smallest absolute Gasteiger partial charge is 0.157 e. The second-order valence-corrected chi connectivity index (χ2v) is 8.18. The third-order valence-electron chi connectivity index (χ3n) is 5.82. The molecule has 1 aliphatic carbocycles. The third kappa shape index (κ3) is 3.66. The van der Waals surface area contributed by atoms with Gasteiger partial charge in [-0.15, -0.1) is 0 Å². The molecule has 1 fully saturated rings. The lowest BCUT2D eigenvalue weighted by Gasteiger charge is -2.05. The molecule has 0 aromatic carbocycles. The quantitative estimate of drug-likeness (QED) is 0.627. The van der Waals surface area contributed by atoms with Crippen LogP contribution in [-0.2, 0) is 13.0 Å². The van der Waals surface area contributed by atoms with Gasteiger partial charge in [0.2, 0.25) is 0 Å². The van der Waals surface area contributed by atoms with Crippen LogP contribution in [0.15, 0.2) is 40.6 Å². The molecule has 32 heavy (non-hydrogen) atoms. The van der Waals surface area contributed by atoms with Crippen molar-refractivity contribution in [2.75, 3.05) is 0 Å². The summed E-state index contributed by atoms with van der Waals surface area (Å²) in [6.07, 6.45) is 10.8. The van der Waals surface area contributed by atoms with Gasteiger partial charge < -0.3 is 5.73 Å². The van der Waals surface area contributed by atoms with E-state index < -0.39 is 0 Å². The van der Waals surface area contributed by atoms with Gasteiger partial charge in [-0.05, 0) is 44.7 Å². The van der Waals surface area contributed by atoms with E-state index in [2.05, 4.69) is 15.1 Å². The second-order valence-electron chi connectivity index (χ2n) is 8.18. The maximum Gasteiger partial charge on any atom is 0.157 e.